The van der Waals surface area contributed by atoms with Gasteiger partial charge in [0.1, 0.15) is 0 Å². The second-order valence-electron chi connectivity index (χ2n) is 5.11. The Balaban J connectivity index is 2.29. The minimum Gasteiger partial charge on any atom is -0.325 e. The number of rotatable bonds is 7. The van der Waals surface area contributed by atoms with Gasteiger partial charge in [-0.05, 0) is 40.0 Å². The Morgan fingerprint density at radius 2 is 1.84 bits per heavy atom. The Bertz CT molecular complexity index is 378. The van der Waals surface area contributed by atoms with Gasteiger partial charge in [0.15, 0.2) is 0 Å². The van der Waals surface area contributed by atoms with Crippen molar-refractivity contribution in [1.82, 2.24) is 10.2 Å². The minimum absolute atomic E-state index is 0.00148. The molecule has 0 aliphatic rings. The number of benzene rings is 1. The average molecular weight is 263 g/mol. The first-order chi connectivity index (χ1) is 9.00. The second-order valence-corrected chi connectivity index (χ2v) is 5.11. The summed E-state index contributed by atoms with van der Waals surface area (Å²) in [4.78, 5) is 14.2. The fourth-order valence-corrected chi connectivity index (χ4v) is 1.58. The van der Waals surface area contributed by atoms with Gasteiger partial charge in [0.05, 0.1) is 6.04 Å². The SMILES string of the molecule is CC(NCCN(C)C(C)C)C(=O)Nc1ccccc1. The van der Waals surface area contributed by atoms with Crippen molar-refractivity contribution in [3.63, 3.8) is 0 Å². The van der Waals surface area contributed by atoms with Crippen molar-refractivity contribution in [3.05, 3.63) is 30.3 Å². The quantitative estimate of drug-likeness (QED) is 0.790. The molecule has 4 heteroatoms. The summed E-state index contributed by atoms with van der Waals surface area (Å²) in [6.07, 6.45) is 0. The van der Waals surface area contributed by atoms with Crippen molar-refractivity contribution >= 4 is 11.6 Å². The van der Waals surface area contributed by atoms with E-state index in [1.54, 1.807) is 0 Å². The fraction of sp³-hybridized carbons (Fsp3) is 0.533. The number of carbonyl (C=O) groups is 1. The molecule has 0 fully saturated rings. The maximum absolute atomic E-state index is 11.9. The number of hydrogen-bond acceptors (Lipinski definition) is 3. The molecular weight excluding hydrogens is 238 g/mol. The van der Waals surface area contributed by atoms with Crippen molar-refractivity contribution in [2.24, 2.45) is 0 Å². The molecule has 0 aromatic heterocycles. The van der Waals surface area contributed by atoms with E-state index in [0.717, 1.165) is 18.8 Å². The van der Waals surface area contributed by atoms with Gasteiger partial charge in [-0.3, -0.25) is 4.79 Å². The maximum atomic E-state index is 11.9. The Kier molecular flexibility index (Phi) is 6.53. The lowest BCUT2D eigenvalue weighted by atomic mass is 10.2. The summed E-state index contributed by atoms with van der Waals surface area (Å²) in [6.45, 7) is 7.93. The van der Waals surface area contributed by atoms with Gasteiger partial charge in [-0.2, -0.15) is 0 Å². The molecule has 0 spiro atoms. The molecule has 0 saturated carbocycles. The van der Waals surface area contributed by atoms with Gasteiger partial charge in [0.25, 0.3) is 0 Å². The van der Waals surface area contributed by atoms with Crippen LogP contribution in [-0.2, 0) is 4.79 Å². The highest BCUT2D eigenvalue weighted by atomic mass is 16.2. The van der Waals surface area contributed by atoms with Gasteiger partial charge < -0.3 is 15.5 Å². The van der Waals surface area contributed by atoms with Gasteiger partial charge in [0, 0.05) is 24.8 Å². The molecule has 0 heterocycles. The number of hydrogen-bond donors (Lipinski definition) is 2. The standard InChI is InChI=1S/C15H25N3O/c1-12(2)18(4)11-10-16-13(3)15(19)17-14-8-6-5-7-9-14/h5-9,12-13,16H,10-11H2,1-4H3,(H,17,19). The topological polar surface area (TPSA) is 44.4 Å². The van der Waals surface area contributed by atoms with Crippen LogP contribution in [-0.4, -0.2) is 43.0 Å². The number of carbonyl (C=O) groups excluding carboxylic acids is 1. The molecule has 1 rings (SSSR count). The predicted octanol–water partition coefficient (Wildman–Crippen LogP) is 1.94. The molecule has 4 nitrogen and oxygen atoms in total. The number of anilines is 1. The largest absolute Gasteiger partial charge is 0.325 e. The predicted molar refractivity (Wildman–Crippen MR) is 80.3 cm³/mol. The zero-order valence-corrected chi connectivity index (χ0v) is 12.3. The van der Waals surface area contributed by atoms with Crippen LogP contribution in [0, 0.1) is 0 Å². The van der Waals surface area contributed by atoms with E-state index >= 15 is 0 Å². The lowest BCUT2D eigenvalue weighted by Crippen LogP contribution is -2.42. The van der Waals surface area contributed by atoms with Gasteiger partial charge in [-0.15, -0.1) is 0 Å². The van der Waals surface area contributed by atoms with E-state index in [9.17, 15) is 4.79 Å². The third kappa shape index (κ3) is 5.85. The van der Waals surface area contributed by atoms with Crippen molar-refractivity contribution in [3.8, 4) is 0 Å². The van der Waals surface area contributed by atoms with Gasteiger partial charge >= 0.3 is 0 Å². The molecule has 0 aliphatic heterocycles. The summed E-state index contributed by atoms with van der Waals surface area (Å²) >= 11 is 0. The van der Waals surface area contributed by atoms with Gasteiger partial charge in [0.2, 0.25) is 5.91 Å². The zero-order valence-electron chi connectivity index (χ0n) is 12.3. The van der Waals surface area contributed by atoms with Crippen LogP contribution in [0.4, 0.5) is 5.69 Å². The van der Waals surface area contributed by atoms with Crippen molar-refractivity contribution in [2.75, 3.05) is 25.5 Å². The van der Waals surface area contributed by atoms with Crippen LogP contribution in [0.1, 0.15) is 20.8 Å². The molecule has 1 amide bonds. The van der Waals surface area contributed by atoms with E-state index in [0.29, 0.717) is 6.04 Å². The molecule has 0 aliphatic carbocycles. The van der Waals surface area contributed by atoms with Crippen LogP contribution in [0.15, 0.2) is 30.3 Å². The van der Waals surface area contributed by atoms with Crippen molar-refractivity contribution < 1.29 is 4.79 Å². The van der Waals surface area contributed by atoms with Crippen LogP contribution in [0.2, 0.25) is 0 Å². The van der Waals surface area contributed by atoms with Crippen LogP contribution in [0.5, 0.6) is 0 Å². The number of likely N-dealkylation sites (N-methyl/N-ethyl adjacent to an activating group) is 1. The van der Waals surface area contributed by atoms with Gasteiger partial charge in [-0.1, -0.05) is 18.2 Å². The Morgan fingerprint density at radius 1 is 1.21 bits per heavy atom. The lowest BCUT2D eigenvalue weighted by molar-refractivity contribution is -0.117. The smallest absolute Gasteiger partial charge is 0.241 e. The van der Waals surface area contributed by atoms with E-state index < -0.39 is 0 Å². The van der Waals surface area contributed by atoms with Crippen LogP contribution >= 0.6 is 0 Å². The Morgan fingerprint density at radius 3 is 2.42 bits per heavy atom. The highest BCUT2D eigenvalue weighted by Crippen LogP contribution is 2.05. The summed E-state index contributed by atoms with van der Waals surface area (Å²) in [5, 5.41) is 6.12. The molecule has 2 N–H and O–H groups in total. The molecular formula is C15H25N3O. The van der Waals surface area contributed by atoms with E-state index in [4.69, 9.17) is 0 Å². The molecule has 1 unspecified atom stereocenters. The molecule has 106 valence electrons. The molecule has 19 heavy (non-hydrogen) atoms. The van der Waals surface area contributed by atoms with E-state index in [2.05, 4.69) is 36.4 Å². The van der Waals surface area contributed by atoms with Crippen LogP contribution in [0.3, 0.4) is 0 Å². The summed E-state index contributed by atoms with van der Waals surface area (Å²) in [6, 6.07) is 9.85. The first-order valence-electron chi connectivity index (χ1n) is 6.80. The number of nitrogens with one attached hydrogen (secondary N) is 2. The third-order valence-electron chi connectivity index (χ3n) is 3.23. The third-order valence-corrected chi connectivity index (χ3v) is 3.23. The van der Waals surface area contributed by atoms with E-state index in [-0.39, 0.29) is 11.9 Å². The van der Waals surface area contributed by atoms with E-state index in [1.165, 1.54) is 0 Å². The maximum Gasteiger partial charge on any atom is 0.241 e. The molecule has 1 aromatic carbocycles. The molecule has 0 radical (unpaired) electrons. The first-order valence-corrected chi connectivity index (χ1v) is 6.80. The van der Waals surface area contributed by atoms with Crippen LogP contribution in [0.25, 0.3) is 0 Å². The average Bonchev–Trinajstić information content (AvgIpc) is 2.39. The number of nitrogens with zero attached hydrogens (tertiary/aromatic N) is 1. The normalized spacial score (nSPS) is 12.7. The monoisotopic (exact) mass is 263 g/mol. The molecule has 0 bridgehead atoms. The summed E-state index contributed by atoms with van der Waals surface area (Å²) in [7, 11) is 2.08. The summed E-state index contributed by atoms with van der Waals surface area (Å²) in [5.74, 6) is -0.00148. The molecule has 1 aromatic rings. The van der Waals surface area contributed by atoms with Crippen molar-refractivity contribution in [1.29, 1.82) is 0 Å². The minimum atomic E-state index is -0.194. The Labute approximate surface area is 116 Å². The van der Waals surface area contributed by atoms with E-state index in [1.807, 2.05) is 37.3 Å². The molecule has 0 saturated heterocycles. The summed E-state index contributed by atoms with van der Waals surface area (Å²) in [5.41, 5.74) is 0.834. The first kappa shape index (κ1) is 15.7. The van der Waals surface area contributed by atoms with Gasteiger partial charge in [-0.25, -0.2) is 0 Å². The van der Waals surface area contributed by atoms with Crippen LogP contribution < -0.4 is 10.6 Å². The second kappa shape index (κ2) is 7.92. The Hall–Kier alpha value is -1.39. The van der Waals surface area contributed by atoms with Crippen molar-refractivity contribution in [2.45, 2.75) is 32.9 Å². The number of para-hydroxylation sites is 1. The fourth-order valence-electron chi connectivity index (χ4n) is 1.58. The highest BCUT2D eigenvalue weighted by molar-refractivity contribution is 5.94. The molecule has 1 atom stereocenters. The highest BCUT2D eigenvalue weighted by Gasteiger charge is 2.12. The zero-order chi connectivity index (χ0) is 14.3. The number of amides is 1. The summed E-state index contributed by atoms with van der Waals surface area (Å²) < 4.78 is 0. The lowest BCUT2D eigenvalue weighted by Gasteiger charge is -2.22.